The molecule has 1 aromatic heterocycles. The molecule has 3 heterocycles. The van der Waals surface area contributed by atoms with Crippen LogP contribution in [0.2, 0.25) is 0 Å². The summed E-state index contributed by atoms with van der Waals surface area (Å²) in [7, 11) is -3.64. The summed E-state index contributed by atoms with van der Waals surface area (Å²) < 4.78 is 33.0. The summed E-state index contributed by atoms with van der Waals surface area (Å²) in [5, 5.41) is 3.38. The van der Waals surface area contributed by atoms with E-state index < -0.39 is 22.0 Å². The fourth-order valence-corrected chi connectivity index (χ4v) is 8.42. The van der Waals surface area contributed by atoms with Crippen LogP contribution in [-0.4, -0.2) is 79.8 Å². The van der Waals surface area contributed by atoms with Crippen molar-refractivity contribution < 1.29 is 27.5 Å². The van der Waals surface area contributed by atoms with Crippen molar-refractivity contribution >= 4 is 44.3 Å². The summed E-state index contributed by atoms with van der Waals surface area (Å²) in [4.78, 5) is 44.1. The van der Waals surface area contributed by atoms with Gasteiger partial charge in [-0.3, -0.25) is 9.59 Å². The molecule has 10 nitrogen and oxygen atoms in total. The second-order valence-corrected chi connectivity index (χ2v) is 14.0. The van der Waals surface area contributed by atoms with E-state index in [-0.39, 0.29) is 23.0 Å². The number of thiophene rings is 1. The predicted octanol–water partition coefficient (Wildman–Crippen LogP) is 5.20. The average molecular weight is 619 g/mol. The number of sulfonamides is 1. The maximum absolute atomic E-state index is 13.8. The lowest BCUT2D eigenvalue weighted by Gasteiger charge is -2.30. The number of nitrogens with zero attached hydrogens (tertiary/aromatic N) is 3. The zero-order valence-corrected chi connectivity index (χ0v) is 26.6. The third-order valence-electron chi connectivity index (χ3n) is 7.67. The van der Waals surface area contributed by atoms with Crippen molar-refractivity contribution in [2.24, 2.45) is 5.92 Å². The van der Waals surface area contributed by atoms with Crippen molar-refractivity contribution in [1.29, 1.82) is 0 Å². The minimum Gasteiger partial charge on any atom is -0.450 e. The van der Waals surface area contributed by atoms with Crippen LogP contribution in [0, 0.1) is 5.92 Å². The first-order valence-corrected chi connectivity index (χ1v) is 17.1. The molecule has 0 bridgehead atoms. The molecule has 3 amide bonds. The summed E-state index contributed by atoms with van der Waals surface area (Å²) in [5.41, 5.74) is 1.63. The van der Waals surface area contributed by atoms with Crippen LogP contribution < -0.4 is 5.32 Å². The largest absolute Gasteiger partial charge is 0.450 e. The minimum absolute atomic E-state index is 0.131. The Kier molecular flexibility index (Phi) is 10.7. The molecule has 1 unspecified atom stereocenters. The van der Waals surface area contributed by atoms with Crippen molar-refractivity contribution in [3.63, 3.8) is 0 Å². The minimum atomic E-state index is -3.64. The molecule has 1 fully saturated rings. The van der Waals surface area contributed by atoms with Gasteiger partial charge < -0.3 is 19.9 Å². The highest BCUT2D eigenvalue weighted by Crippen LogP contribution is 2.38. The van der Waals surface area contributed by atoms with Crippen molar-refractivity contribution in [3.8, 4) is 0 Å². The number of piperidine rings is 1. The van der Waals surface area contributed by atoms with Gasteiger partial charge >= 0.3 is 6.09 Å². The molecule has 1 atom stereocenters. The molecule has 42 heavy (non-hydrogen) atoms. The van der Waals surface area contributed by atoms with Gasteiger partial charge in [-0.2, -0.15) is 4.31 Å². The Morgan fingerprint density at radius 3 is 2.38 bits per heavy atom. The maximum Gasteiger partial charge on any atom is 0.410 e. The highest BCUT2D eigenvalue weighted by molar-refractivity contribution is 7.89. The highest BCUT2D eigenvalue weighted by atomic mass is 32.2. The number of nitrogens with one attached hydrogen (secondary N) is 1. The van der Waals surface area contributed by atoms with Gasteiger partial charge in [0, 0.05) is 43.2 Å². The molecule has 1 N–H and O–H groups in total. The number of fused-ring (bicyclic) bond motifs is 1. The topological polar surface area (TPSA) is 116 Å². The van der Waals surface area contributed by atoms with E-state index in [4.69, 9.17) is 4.74 Å². The van der Waals surface area contributed by atoms with E-state index in [0.29, 0.717) is 62.2 Å². The van der Waals surface area contributed by atoms with Crippen LogP contribution in [0.4, 0.5) is 9.80 Å². The maximum atomic E-state index is 13.8. The zero-order chi connectivity index (χ0) is 30.4. The lowest BCUT2D eigenvalue weighted by molar-refractivity contribution is 0.0755. The van der Waals surface area contributed by atoms with Gasteiger partial charge in [0.1, 0.15) is 5.00 Å². The van der Waals surface area contributed by atoms with E-state index in [2.05, 4.69) is 12.2 Å². The molecule has 4 rings (SSSR count). The first-order valence-electron chi connectivity index (χ1n) is 14.9. The van der Waals surface area contributed by atoms with Crippen LogP contribution in [0.25, 0.3) is 0 Å². The first-order chi connectivity index (χ1) is 20.1. The van der Waals surface area contributed by atoms with E-state index in [1.165, 1.54) is 39.9 Å². The van der Waals surface area contributed by atoms with Crippen molar-refractivity contribution in [1.82, 2.24) is 14.1 Å². The van der Waals surface area contributed by atoms with Crippen molar-refractivity contribution in [2.75, 3.05) is 44.6 Å². The first kappa shape index (κ1) is 32.0. The Morgan fingerprint density at radius 1 is 1.07 bits per heavy atom. The van der Waals surface area contributed by atoms with E-state index in [0.717, 1.165) is 36.1 Å². The van der Waals surface area contributed by atoms with E-state index in [1.807, 2.05) is 18.7 Å². The molecule has 1 saturated heterocycles. The van der Waals surface area contributed by atoms with E-state index in [9.17, 15) is 22.8 Å². The summed E-state index contributed by atoms with van der Waals surface area (Å²) in [6.07, 6.45) is 3.54. The number of hydrogen-bond donors (Lipinski definition) is 1. The van der Waals surface area contributed by atoms with Gasteiger partial charge in [0.25, 0.3) is 11.8 Å². The number of hydrogen-bond acceptors (Lipinski definition) is 7. The van der Waals surface area contributed by atoms with Crippen LogP contribution >= 0.6 is 11.3 Å². The highest BCUT2D eigenvalue weighted by Gasteiger charge is 2.33. The quantitative estimate of drug-likeness (QED) is 0.392. The van der Waals surface area contributed by atoms with E-state index >= 15 is 0 Å². The molecule has 230 valence electrons. The average Bonchev–Trinajstić information content (AvgIpc) is 3.33. The lowest BCUT2D eigenvalue weighted by atomic mass is 10.0. The fourth-order valence-electron chi connectivity index (χ4n) is 5.57. The van der Waals surface area contributed by atoms with Gasteiger partial charge in [-0.05, 0) is 74.8 Å². The Morgan fingerprint density at radius 2 is 1.76 bits per heavy atom. The molecule has 0 spiro atoms. The van der Waals surface area contributed by atoms with Crippen molar-refractivity contribution in [3.05, 3.63) is 45.8 Å². The Bertz CT molecular complexity index is 1380. The van der Waals surface area contributed by atoms with E-state index in [1.54, 1.807) is 11.8 Å². The third-order valence-corrected chi connectivity index (χ3v) is 10.7. The number of benzene rings is 1. The zero-order valence-electron chi connectivity index (χ0n) is 25.0. The monoisotopic (exact) mass is 618 g/mol. The van der Waals surface area contributed by atoms with Gasteiger partial charge in [-0.15, -0.1) is 11.3 Å². The smallest absolute Gasteiger partial charge is 0.410 e. The summed E-state index contributed by atoms with van der Waals surface area (Å²) in [5.74, 6) is -0.256. The number of rotatable bonds is 10. The molecule has 1 aromatic carbocycles. The normalized spacial score (nSPS) is 17.4. The Labute approximate surface area is 253 Å². The summed E-state index contributed by atoms with van der Waals surface area (Å²) >= 11 is 1.30. The van der Waals surface area contributed by atoms with Gasteiger partial charge in [0.15, 0.2) is 0 Å². The molecule has 2 aliphatic rings. The standard InChI is InChI=1S/C30H42N4O6S2/c1-5-15-32(16-6-2)29(36)26-24-14-18-33(30(37)40-7-3)20-25(24)41-28(26)31-27(35)22-10-12-23(13-11-22)42(38,39)34-17-8-9-21(4)19-34/h10-13,21H,5-9,14-20H2,1-4H3,(H,31,35). The van der Waals surface area contributed by atoms with Crippen LogP contribution in [0.15, 0.2) is 29.2 Å². The molecule has 2 aromatic rings. The Hall–Kier alpha value is -2.96. The summed E-state index contributed by atoms with van der Waals surface area (Å²) in [6.45, 7) is 11.0. The van der Waals surface area contributed by atoms with Crippen LogP contribution in [0.5, 0.6) is 0 Å². The van der Waals surface area contributed by atoms with Gasteiger partial charge in [-0.1, -0.05) is 20.8 Å². The third kappa shape index (κ3) is 6.98. The summed E-state index contributed by atoms with van der Waals surface area (Å²) in [6, 6.07) is 5.95. The Balaban J connectivity index is 1.60. The second kappa shape index (κ2) is 14.0. The van der Waals surface area contributed by atoms with Gasteiger partial charge in [0.2, 0.25) is 10.0 Å². The molecule has 0 aliphatic carbocycles. The SMILES string of the molecule is CCCN(CCC)C(=O)c1c(NC(=O)c2ccc(S(=O)(=O)N3CCCC(C)C3)cc2)sc2c1CCN(C(=O)OCC)C2. The fraction of sp³-hybridized carbons (Fsp3) is 0.567. The number of carbonyl (C=O) groups is 3. The molecule has 12 heteroatoms. The predicted molar refractivity (Wildman–Crippen MR) is 163 cm³/mol. The van der Waals surface area contributed by atoms with Crippen LogP contribution in [0.3, 0.4) is 0 Å². The number of carbonyl (C=O) groups excluding carboxylic acids is 3. The number of anilines is 1. The molecular formula is C30H42N4O6S2. The number of amides is 3. The van der Waals surface area contributed by atoms with Gasteiger partial charge in [-0.25, -0.2) is 13.2 Å². The number of ether oxygens (including phenoxy) is 1. The second-order valence-electron chi connectivity index (χ2n) is 11.0. The molecular weight excluding hydrogens is 576 g/mol. The molecule has 0 saturated carbocycles. The van der Waals surface area contributed by atoms with Gasteiger partial charge in [0.05, 0.1) is 23.6 Å². The van der Waals surface area contributed by atoms with Crippen LogP contribution in [-0.2, 0) is 27.7 Å². The van der Waals surface area contributed by atoms with Crippen molar-refractivity contribution in [2.45, 2.75) is 71.2 Å². The van der Waals surface area contributed by atoms with Crippen LogP contribution in [0.1, 0.15) is 84.5 Å². The molecule has 0 radical (unpaired) electrons. The molecule has 2 aliphatic heterocycles. The lowest BCUT2D eigenvalue weighted by Crippen LogP contribution is -2.39.